The van der Waals surface area contributed by atoms with Crippen LogP contribution < -0.4 is 27.8 Å². The summed E-state index contributed by atoms with van der Waals surface area (Å²) >= 11 is 0. The Labute approximate surface area is 176 Å². The number of benzene rings is 1. The molecule has 11 N–H and O–H groups in total. The van der Waals surface area contributed by atoms with E-state index < -0.39 is 59.2 Å². The molecule has 170 valence electrons. The molecular formula is C18H25N5O8. The third-order valence-corrected chi connectivity index (χ3v) is 4.17. The summed E-state index contributed by atoms with van der Waals surface area (Å²) in [5.41, 5.74) is 15.7. The molecule has 1 rings (SSSR count). The largest absolute Gasteiger partial charge is 0.508 e. The zero-order valence-electron chi connectivity index (χ0n) is 16.4. The smallest absolute Gasteiger partial charge is 0.330 e. The Hall–Kier alpha value is -3.87. The third-order valence-electron chi connectivity index (χ3n) is 4.17. The van der Waals surface area contributed by atoms with Gasteiger partial charge in [-0.2, -0.15) is 0 Å². The summed E-state index contributed by atoms with van der Waals surface area (Å²) < 4.78 is 0. The number of carboxylic acids is 1. The quantitative estimate of drug-likeness (QED) is 0.174. The van der Waals surface area contributed by atoms with E-state index in [-0.39, 0.29) is 31.2 Å². The minimum atomic E-state index is -1.59. The number of hydrogen-bond donors (Lipinski definition) is 8. The van der Waals surface area contributed by atoms with Gasteiger partial charge in [0.05, 0.1) is 6.04 Å². The number of hydrogen-bond acceptors (Lipinski definition) is 8. The minimum absolute atomic E-state index is 0.0514. The molecule has 0 aromatic heterocycles. The van der Waals surface area contributed by atoms with Crippen LogP contribution in [0.25, 0.3) is 0 Å². The van der Waals surface area contributed by atoms with E-state index in [9.17, 15) is 39.3 Å². The number of phenols is 2. The Morgan fingerprint density at radius 3 is 1.97 bits per heavy atom. The second kappa shape index (κ2) is 11.3. The van der Waals surface area contributed by atoms with Crippen molar-refractivity contribution >= 4 is 29.6 Å². The summed E-state index contributed by atoms with van der Waals surface area (Å²) in [5, 5.41) is 32.8. The fraction of sp³-hybridized carbons (Fsp3) is 0.389. The first-order chi connectivity index (χ1) is 14.4. The molecule has 0 aliphatic carbocycles. The monoisotopic (exact) mass is 439 g/mol. The van der Waals surface area contributed by atoms with Crippen LogP contribution in [0.5, 0.6) is 11.5 Å². The molecule has 0 fully saturated rings. The maximum atomic E-state index is 12.2. The molecule has 0 radical (unpaired) electrons. The third kappa shape index (κ3) is 8.57. The van der Waals surface area contributed by atoms with Crippen molar-refractivity contribution in [3.63, 3.8) is 0 Å². The van der Waals surface area contributed by atoms with Gasteiger partial charge < -0.3 is 43.2 Å². The summed E-state index contributed by atoms with van der Waals surface area (Å²) in [7, 11) is 0. The number of primary amides is 2. The number of amides is 4. The van der Waals surface area contributed by atoms with Crippen molar-refractivity contribution in [2.45, 2.75) is 43.8 Å². The SMILES string of the molecule is NC(=O)CCC(N)C(=O)NC(CCC(=O)NC(C(=O)O)c1cc(O)cc(O)c1)C(N)=O. The zero-order valence-corrected chi connectivity index (χ0v) is 16.4. The van der Waals surface area contributed by atoms with Crippen LogP contribution in [0.15, 0.2) is 18.2 Å². The number of phenolic OH excluding ortho intramolecular Hbond substituents is 2. The first-order valence-corrected chi connectivity index (χ1v) is 9.09. The fourth-order valence-electron chi connectivity index (χ4n) is 2.57. The Kier molecular flexibility index (Phi) is 9.21. The summed E-state index contributed by atoms with van der Waals surface area (Å²) in [6.45, 7) is 0. The molecule has 0 aliphatic heterocycles. The molecule has 0 spiro atoms. The summed E-state index contributed by atoms with van der Waals surface area (Å²) in [5.74, 6) is -5.44. The number of carboxylic acid groups (broad SMARTS) is 1. The summed E-state index contributed by atoms with van der Waals surface area (Å²) in [6.07, 6.45) is -0.838. The van der Waals surface area contributed by atoms with Crippen LogP contribution in [-0.4, -0.2) is 57.0 Å². The highest BCUT2D eigenvalue weighted by Crippen LogP contribution is 2.25. The molecular weight excluding hydrogens is 414 g/mol. The number of rotatable bonds is 12. The van der Waals surface area contributed by atoms with Gasteiger partial charge in [-0.1, -0.05) is 0 Å². The molecule has 0 heterocycles. The number of aromatic hydroxyl groups is 2. The van der Waals surface area contributed by atoms with Gasteiger partial charge in [0, 0.05) is 18.9 Å². The van der Waals surface area contributed by atoms with Crippen LogP contribution in [0.2, 0.25) is 0 Å². The highest BCUT2D eigenvalue weighted by atomic mass is 16.4. The lowest BCUT2D eigenvalue weighted by molar-refractivity contribution is -0.142. The van der Waals surface area contributed by atoms with Crippen LogP contribution >= 0.6 is 0 Å². The van der Waals surface area contributed by atoms with Gasteiger partial charge in [0.1, 0.15) is 17.5 Å². The second-order valence-electron chi connectivity index (χ2n) is 6.74. The van der Waals surface area contributed by atoms with Gasteiger partial charge in [-0.3, -0.25) is 19.2 Å². The first-order valence-electron chi connectivity index (χ1n) is 9.09. The van der Waals surface area contributed by atoms with Crippen molar-refractivity contribution in [2.75, 3.05) is 0 Å². The van der Waals surface area contributed by atoms with Gasteiger partial charge in [0.25, 0.3) is 0 Å². The predicted octanol–water partition coefficient (Wildman–Crippen LogP) is -2.32. The Morgan fingerprint density at radius 2 is 1.48 bits per heavy atom. The maximum absolute atomic E-state index is 12.2. The summed E-state index contributed by atoms with van der Waals surface area (Å²) in [6, 6.07) is -0.895. The van der Waals surface area contributed by atoms with E-state index in [4.69, 9.17) is 17.2 Å². The molecule has 0 aliphatic rings. The topological polar surface area (TPSA) is 248 Å². The Bertz CT molecular complexity index is 839. The van der Waals surface area contributed by atoms with Crippen molar-refractivity contribution in [1.82, 2.24) is 10.6 Å². The molecule has 3 unspecified atom stereocenters. The van der Waals surface area contributed by atoms with E-state index in [1.54, 1.807) is 0 Å². The zero-order chi connectivity index (χ0) is 23.7. The Balaban J connectivity index is 2.73. The van der Waals surface area contributed by atoms with E-state index >= 15 is 0 Å². The van der Waals surface area contributed by atoms with Crippen LogP contribution in [0.3, 0.4) is 0 Å². The molecule has 1 aromatic rings. The number of nitrogens with one attached hydrogen (secondary N) is 2. The molecule has 1 aromatic carbocycles. The van der Waals surface area contributed by atoms with Crippen molar-refractivity contribution in [3.05, 3.63) is 23.8 Å². The van der Waals surface area contributed by atoms with E-state index in [1.165, 1.54) is 0 Å². The van der Waals surface area contributed by atoms with Crippen molar-refractivity contribution in [3.8, 4) is 11.5 Å². The van der Waals surface area contributed by atoms with E-state index in [2.05, 4.69) is 10.6 Å². The maximum Gasteiger partial charge on any atom is 0.330 e. The second-order valence-corrected chi connectivity index (χ2v) is 6.74. The Morgan fingerprint density at radius 1 is 0.903 bits per heavy atom. The molecule has 0 bridgehead atoms. The van der Waals surface area contributed by atoms with E-state index in [0.29, 0.717) is 0 Å². The number of nitrogens with two attached hydrogens (primary N) is 3. The minimum Gasteiger partial charge on any atom is -0.508 e. The average Bonchev–Trinajstić information content (AvgIpc) is 2.65. The van der Waals surface area contributed by atoms with Gasteiger partial charge >= 0.3 is 5.97 Å². The van der Waals surface area contributed by atoms with Crippen molar-refractivity contribution < 1.29 is 39.3 Å². The molecule has 13 nitrogen and oxygen atoms in total. The highest BCUT2D eigenvalue weighted by Gasteiger charge is 2.26. The number of aliphatic carboxylic acids is 1. The lowest BCUT2D eigenvalue weighted by Gasteiger charge is -2.19. The van der Waals surface area contributed by atoms with E-state index in [1.807, 2.05) is 0 Å². The lowest BCUT2D eigenvalue weighted by atomic mass is 10.0. The van der Waals surface area contributed by atoms with Crippen LogP contribution in [0, 0.1) is 0 Å². The van der Waals surface area contributed by atoms with Crippen LogP contribution in [-0.2, 0) is 24.0 Å². The number of carbonyl (C=O) groups excluding carboxylic acids is 4. The van der Waals surface area contributed by atoms with Gasteiger partial charge in [-0.05, 0) is 30.5 Å². The molecule has 0 saturated carbocycles. The molecule has 3 atom stereocenters. The predicted molar refractivity (Wildman–Crippen MR) is 105 cm³/mol. The average molecular weight is 439 g/mol. The fourth-order valence-corrected chi connectivity index (χ4v) is 2.57. The van der Waals surface area contributed by atoms with Gasteiger partial charge in [0.15, 0.2) is 6.04 Å². The van der Waals surface area contributed by atoms with Crippen molar-refractivity contribution in [2.24, 2.45) is 17.2 Å². The lowest BCUT2D eigenvalue weighted by Crippen LogP contribution is -2.51. The normalized spacial score (nSPS) is 13.5. The van der Waals surface area contributed by atoms with Crippen molar-refractivity contribution in [1.29, 1.82) is 0 Å². The van der Waals surface area contributed by atoms with Crippen LogP contribution in [0.4, 0.5) is 0 Å². The molecule has 0 saturated heterocycles. The highest BCUT2D eigenvalue weighted by molar-refractivity contribution is 5.90. The van der Waals surface area contributed by atoms with Gasteiger partial charge in [-0.25, -0.2) is 4.79 Å². The van der Waals surface area contributed by atoms with Gasteiger partial charge in [0.2, 0.25) is 23.6 Å². The van der Waals surface area contributed by atoms with E-state index in [0.717, 1.165) is 18.2 Å². The molecule has 31 heavy (non-hydrogen) atoms. The molecule has 4 amide bonds. The molecule has 13 heteroatoms. The summed E-state index contributed by atoms with van der Waals surface area (Å²) in [4.78, 5) is 58.0. The standard InChI is InChI=1S/C18H25N5O8/c19-11(1-3-13(20)26)17(29)22-12(16(21)28)2-4-14(27)23-15(18(30)31)8-5-9(24)7-10(25)6-8/h5-7,11-12,15,24-25H,1-4,19H2,(H2,20,26)(H2,21,28)(H,22,29)(H,23,27)(H,30,31). The van der Waals surface area contributed by atoms with Gasteiger partial charge in [-0.15, -0.1) is 0 Å². The number of carbonyl (C=O) groups is 5. The first kappa shape index (κ1) is 25.2. The van der Waals surface area contributed by atoms with Crippen LogP contribution in [0.1, 0.15) is 37.3 Å².